The Morgan fingerprint density at radius 2 is 2.15 bits per heavy atom. The van der Waals surface area contributed by atoms with Crippen molar-refractivity contribution in [1.82, 2.24) is 9.97 Å². The minimum absolute atomic E-state index is 0.0359. The fraction of sp³-hybridized carbons (Fsp3) is 0.733. The van der Waals surface area contributed by atoms with Crippen LogP contribution in [0.2, 0.25) is 0 Å². The van der Waals surface area contributed by atoms with E-state index in [9.17, 15) is 4.79 Å². The number of thioether (sulfide) groups is 1. The van der Waals surface area contributed by atoms with Gasteiger partial charge in [0.15, 0.2) is 0 Å². The largest absolute Gasteiger partial charge is 0.368 e. The van der Waals surface area contributed by atoms with Crippen molar-refractivity contribution in [3.63, 3.8) is 0 Å². The van der Waals surface area contributed by atoms with Crippen molar-refractivity contribution in [3.05, 3.63) is 22.2 Å². The molecule has 0 aliphatic heterocycles. The van der Waals surface area contributed by atoms with E-state index in [1.165, 1.54) is 32.1 Å². The SMILES string of the molecule is CSC1(CNc2cc(=O)[nH]c(C3CC3)n2)CCCCC1. The third-order valence-electron chi connectivity index (χ3n) is 4.51. The van der Waals surface area contributed by atoms with Crippen LogP contribution in [0.1, 0.15) is 56.7 Å². The van der Waals surface area contributed by atoms with Gasteiger partial charge in [-0.25, -0.2) is 4.98 Å². The van der Waals surface area contributed by atoms with E-state index in [1.54, 1.807) is 6.07 Å². The van der Waals surface area contributed by atoms with E-state index in [0.29, 0.717) is 10.7 Å². The first kappa shape index (κ1) is 14.0. The van der Waals surface area contributed by atoms with E-state index in [-0.39, 0.29) is 5.56 Å². The maximum atomic E-state index is 11.7. The highest BCUT2D eigenvalue weighted by Crippen LogP contribution is 2.39. The quantitative estimate of drug-likeness (QED) is 0.875. The number of nitrogens with one attached hydrogen (secondary N) is 2. The van der Waals surface area contributed by atoms with Gasteiger partial charge in [0.05, 0.1) is 0 Å². The minimum Gasteiger partial charge on any atom is -0.368 e. The number of hydrogen-bond donors (Lipinski definition) is 2. The fourth-order valence-electron chi connectivity index (χ4n) is 3.02. The molecule has 0 aromatic carbocycles. The average molecular weight is 293 g/mol. The molecule has 1 aromatic heterocycles. The van der Waals surface area contributed by atoms with Gasteiger partial charge in [0.25, 0.3) is 5.56 Å². The summed E-state index contributed by atoms with van der Waals surface area (Å²) in [4.78, 5) is 19.1. The molecule has 0 radical (unpaired) electrons. The average Bonchev–Trinajstić information content (AvgIpc) is 3.30. The summed E-state index contributed by atoms with van der Waals surface area (Å²) >= 11 is 1.96. The molecule has 0 amide bonds. The van der Waals surface area contributed by atoms with Gasteiger partial charge in [0.2, 0.25) is 0 Å². The first-order valence-corrected chi connectivity index (χ1v) is 8.84. The summed E-state index contributed by atoms with van der Waals surface area (Å²) in [7, 11) is 0. The molecule has 2 aliphatic carbocycles. The van der Waals surface area contributed by atoms with E-state index < -0.39 is 0 Å². The van der Waals surface area contributed by atoms with Crippen molar-refractivity contribution >= 4 is 17.6 Å². The molecule has 2 aliphatic rings. The highest BCUT2D eigenvalue weighted by atomic mass is 32.2. The predicted molar refractivity (Wildman–Crippen MR) is 84.7 cm³/mol. The van der Waals surface area contributed by atoms with E-state index >= 15 is 0 Å². The smallest absolute Gasteiger partial charge is 0.252 e. The van der Waals surface area contributed by atoms with Crippen molar-refractivity contribution in [2.45, 2.75) is 55.6 Å². The van der Waals surface area contributed by atoms with Crippen LogP contribution in [0.15, 0.2) is 10.9 Å². The second-order valence-corrected chi connectivity index (χ2v) is 7.37. The third-order valence-corrected chi connectivity index (χ3v) is 5.93. The molecule has 0 bridgehead atoms. The number of hydrogen-bond acceptors (Lipinski definition) is 4. The van der Waals surface area contributed by atoms with Gasteiger partial charge >= 0.3 is 0 Å². The molecule has 1 aromatic rings. The van der Waals surface area contributed by atoms with E-state index in [2.05, 4.69) is 21.5 Å². The molecule has 0 spiro atoms. The van der Waals surface area contributed by atoms with Gasteiger partial charge in [-0.15, -0.1) is 0 Å². The number of aromatic amines is 1. The highest BCUT2D eigenvalue weighted by Gasteiger charge is 2.31. The Kier molecular flexibility index (Phi) is 4.06. The van der Waals surface area contributed by atoms with Crippen LogP contribution in [-0.4, -0.2) is 27.5 Å². The van der Waals surface area contributed by atoms with Gasteiger partial charge in [-0.2, -0.15) is 11.8 Å². The van der Waals surface area contributed by atoms with Crippen molar-refractivity contribution in [1.29, 1.82) is 0 Å². The second kappa shape index (κ2) is 5.80. The van der Waals surface area contributed by atoms with Crippen molar-refractivity contribution in [3.8, 4) is 0 Å². The summed E-state index contributed by atoms with van der Waals surface area (Å²) in [5.74, 6) is 2.09. The first-order chi connectivity index (χ1) is 9.71. The summed E-state index contributed by atoms with van der Waals surface area (Å²) in [6, 6.07) is 1.59. The van der Waals surface area contributed by atoms with Crippen molar-refractivity contribution in [2.75, 3.05) is 18.1 Å². The van der Waals surface area contributed by atoms with Crippen LogP contribution < -0.4 is 10.9 Å². The molecule has 5 heteroatoms. The molecule has 0 atom stereocenters. The lowest BCUT2D eigenvalue weighted by atomic mass is 9.88. The van der Waals surface area contributed by atoms with Gasteiger partial charge in [0.1, 0.15) is 11.6 Å². The minimum atomic E-state index is -0.0359. The van der Waals surface area contributed by atoms with Gasteiger partial charge < -0.3 is 10.3 Å². The topological polar surface area (TPSA) is 57.8 Å². The summed E-state index contributed by atoms with van der Waals surface area (Å²) in [5, 5.41) is 3.42. The van der Waals surface area contributed by atoms with Crippen LogP contribution in [0, 0.1) is 0 Å². The van der Waals surface area contributed by atoms with Gasteiger partial charge in [-0.05, 0) is 31.9 Å². The second-order valence-electron chi connectivity index (χ2n) is 6.09. The maximum Gasteiger partial charge on any atom is 0.252 e. The molecule has 2 saturated carbocycles. The van der Waals surface area contributed by atoms with Crippen LogP contribution in [0.5, 0.6) is 0 Å². The zero-order valence-corrected chi connectivity index (χ0v) is 12.9. The van der Waals surface area contributed by atoms with Crippen LogP contribution in [0.25, 0.3) is 0 Å². The molecule has 20 heavy (non-hydrogen) atoms. The molecule has 0 saturated heterocycles. The summed E-state index contributed by atoms with van der Waals surface area (Å²) in [6.07, 6.45) is 11.0. The Hall–Kier alpha value is -0.970. The normalized spacial score (nSPS) is 21.6. The number of rotatable bonds is 5. The molecule has 3 rings (SSSR count). The van der Waals surface area contributed by atoms with Crippen LogP contribution in [0.4, 0.5) is 5.82 Å². The maximum absolute atomic E-state index is 11.7. The molecule has 2 fully saturated rings. The zero-order chi connectivity index (χ0) is 14.0. The fourth-order valence-corrected chi connectivity index (χ4v) is 3.93. The van der Waals surface area contributed by atoms with Crippen LogP contribution in [0.3, 0.4) is 0 Å². The van der Waals surface area contributed by atoms with Crippen LogP contribution in [-0.2, 0) is 0 Å². The van der Waals surface area contributed by atoms with E-state index in [1.807, 2.05) is 11.8 Å². The Morgan fingerprint density at radius 3 is 2.80 bits per heavy atom. The lowest BCUT2D eigenvalue weighted by Crippen LogP contribution is -2.36. The zero-order valence-electron chi connectivity index (χ0n) is 12.1. The van der Waals surface area contributed by atoms with Gasteiger partial charge in [-0.3, -0.25) is 4.79 Å². The monoisotopic (exact) mass is 293 g/mol. The lowest BCUT2D eigenvalue weighted by Gasteiger charge is -2.36. The molecular formula is C15H23N3OS. The summed E-state index contributed by atoms with van der Waals surface area (Å²) in [5.41, 5.74) is -0.0359. The number of anilines is 1. The van der Waals surface area contributed by atoms with Crippen molar-refractivity contribution in [2.24, 2.45) is 0 Å². The molecule has 1 heterocycles. The van der Waals surface area contributed by atoms with Crippen molar-refractivity contribution < 1.29 is 0 Å². The standard InChI is InChI=1S/C15H23N3OS/c1-20-15(7-3-2-4-8-15)10-16-12-9-13(19)18-14(17-12)11-5-6-11/h9,11H,2-8,10H2,1H3,(H2,16,17,18,19). The third kappa shape index (κ3) is 3.19. The number of nitrogens with zero attached hydrogens (tertiary/aromatic N) is 1. The number of H-pyrrole nitrogens is 1. The lowest BCUT2D eigenvalue weighted by molar-refractivity contribution is 0.411. The molecular weight excluding hydrogens is 270 g/mol. The molecule has 0 unspecified atom stereocenters. The Morgan fingerprint density at radius 1 is 1.40 bits per heavy atom. The predicted octanol–water partition coefficient (Wildman–Crippen LogP) is 3.13. The Labute approximate surface area is 124 Å². The van der Waals surface area contributed by atoms with E-state index in [0.717, 1.165) is 31.0 Å². The molecule has 4 nitrogen and oxygen atoms in total. The van der Waals surface area contributed by atoms with Crippen LogP contribution >= 0.6 is 11.8 Å². The highest BCUT2D eigenvalue weighted by molar-refractivity contribution is 8.00. The van der Waals surface area contributed by atoms with E-state index in [4.69, 9.17) is 0 Å². The number of aromatic nitrogens is 2. The Balaban J connectivity index is 1.69. The summed E-state index contributed by atoms with van der Waals surface area (Å²) < 4.78 is 0.322. The first-order valence-electron chi connectivity index (χ1n) is 7.61. The molecule has 2 N–H and O–H groups in total. The summed E-state index contributed by atoms with van der Waals surface area (Å²) in [6.45, 7) is 0.911. The van der Waals surface area contributed by atoms with Gasteiger partial charge in [0, 0.05) is 23.3 Å². The molecule has 110 valence electrons. The Bertz CT molecular complexity index is 518. The van der Waals surface area contributed by atoms with Gasteiger partial charge in [-0.1, -0.05) is 19.3 Å².